The van der Waals surface area contributed by atoms with Gasteiger partial charge < -0.3 is 19.2 Å². The highest BCUT2D eigenvalue weighted by Gasteiger charge is 2.22. The summed E-state index contributed by atoms with van der Waals surface area (Å²) in [6.07, 6.45) is 6.82. The van der Waals surface area contributed by atoms with E-state index in [1.165, 1.54) is 5.56 Å². The van der Waals surface area contributed by atoms with Crippen LogP contribution in [-0.2, 0) is 13.0 Å². The molecule has 0 radical (unpaired) electrons. The summed E-state index contributed by atoms with van der Waals surface area (Å²) in [5.74, 6) is 2.54. The van der Waals surface area contributed by atoms with E-state index in [0.717, 1.165) is 47.4 Å². The summed E-state index contributed by atoms with van der Waals surface area (Å²) in [7, 11) is 1.65. The first-order valence-corrected chi connectivity index (χ1v) is 8.92. The second-order valence-corrected chi connectivity index (χ2v) is 6.69. The minimum Gasteiger partial charge on any atom is -0.493 e. The zero-order chi connectivity index (χ0) is 16.9. The van der Waals surface area contributed by atoms with E-state index < -0.39 is 0 Å². The van der Waals surface area contributed by atoms with Crippen LogP contribution < -0.4 is 14.8 Å². The van der Waals surface area contributed by atoms with Crippen LogP contribution in [0, 0.1) is 0 Å². The third-order valence-corrected chi connectivity index (χ3v) is 4.83. The largest absolute Gasteiger partial charge is 0.493 e. The van der Waals surface area contributed by atoms with Crippen molar-refractivity contribution in [3.63, 3.8) is 0 Å². The quantitative estimate of drug-likeness (QED) is 0.689. The molecule has 1 aromatic carbocycles. The molecule has 2 aromatic rings. The molecule has 1 heterocycles. The van der Waals surface area contributed by atoms with Crippen LogP contribution >= 0.6 is 15.9 Å². The number of halogens is 1. The van der Waals surface area contributed by atoms with Crippen LogP contribution in [0.3, 0.4) is 0 Å². The van der Waals surface area contributed by atoms with E-state index in [1.807, 2.05) is 6.07 Å². The van der Waals surface area contributed by atoms with Gasteiger partial charge in [0.1, 0.15) is 12.4 Å². The van der Waals surface area contributed by atoms with Crippen molar-refractivity contribution >= 4 is 15.9 Å². The molecule has 1 aliphatic carbocycles. The van der Waals surface area contributed by atoms with Gasteiger partial charge in [-0.3, -0.25) is 0 Å². The molecule has 0 saturated heterocycles. The number of hydrogen-bond donors (Lipinski definition) is 1. The summed E-state index contributed by atoms with van der Waals surface area (Å²) in [5.41, 5.74) is 2.43. The molecule has 1 N–H and O–H groups in total. The van der Waals surface area contributed by atoms with Crippen molar-refractivity contribution in [1.29, 1.82) is 0 Å². The van der Waals surface area contributed by atoms with Crippen LogP contribution in [0.1, 0.15) is 35.8 Å². The number of benzene rings is 1. The number of rotatable bonds is 7. The van der Waals surface area contributed by atoms with Gasteiger partial charge in [-0.15, -0.1) is 0 Å². The van der Waals surface area contributed by atoms with Crippen molar-refractivity contribution in [3.8, 4) is 11.5 Å². The van der Waals surface area contributed by atoms with E-state index in [2.05, 4.69) is 40.0 Å². The van der Waals surface area contributed by atoms with Gasteiger partial charge in [-0.2, -0.15) is 0 Å². The monoisotopic (exact) mass is 391 g/mol. The first-order valence-electron chi connectivity index (χ1n) is 8.12. The van der Waals surface area contributed by atoms with Gasteiger partial charge in [-0.1, -0.05) is 12.7 Å². The van der Waals surface area contributed by atoms with Gasteiger partial charge in [0.15, 0.2) is 11.5 Å². The molecule has 0 spiro atoms. The fourth-order valence-corrected chi connectivity index (χ4v) is 3.70. The highest BCUT2D eigenvalue weighted by molar-refractivity contribution is 9.10. The normalized spacial score (nSPS) is 16.5. The lowest BCUT2D eigenvalue weighted by Gasteiger charge is -2.23. The smallest absolute Gasteiger partial charge is 0.175 e. The van der Waals surface area contributed by atoms with E-state index in [9.17, 15) is 0 Å². The van der Waals surface area contributed by atoms with Gasteiger partial charge in [0, 0.05) is 24.6 Å². The van der Waals surface area contributed by atoms with Gasteiger partial charge in [-0.25, -0.2) is 0 Å². The third kappa shape index (κ3) is 3.68. The Hall–Kier alpha value is -1.72. The summed E-state index contributed by atoms with van der Waals surface area (Å²) in [4.78, 5) is 0. The number of fused-ring (bicyclic) bond motifs is 1. The van der Waals surface area contributed by atoms with Crippen LogP contribution in [0.25, 0.3) is 0 Å². The molecular formula is C19H22BrNO3. The molecule has 1 atom stereocenters. The molecule has 0 amide bonds. The Morgan fingerprint density at radius 3 is 3.12 bits per heavy atom. The maximum atomic E-state index is 5.67. The standard InChI is InChI=1S/C19H22BrNO3/c1-3-8-24-19-15(20)10-13(11-18(19)22-2)12-21-16-5-4-6-17-14(16)7-9-23-17/h3,7,9-11,16,21H,1,4-6,8,12H2,2H3. The maximum Gasteiger partial charge on any atom is 0.175 e. The Bertz CT molecular complexity index is 711. The van der Waals surface area contributed by atoms with Gasteiger partial charge in [0.05, 0.1) is 17.8 Å². The third-order valence-electron chi connectivity index (χ3n) is 4.24. The number of methoxy groups -OCH3 is 1. The summed E-state index contributed by atoms with van der Waals surface area (Å²) < 4.78 is 17.6. The lowest BCUT2D eigenvalue weighted by Crippen LogP contribution is -2.24. The molecule has 0 saturated carbocycles. The molecule has 1 aliphatic rings. The first kappa shape index (κ1) is 17.1. The molecule has 1 aromatic heterocycles. The molecule has 0 aliphatic heterocycles. The van der Waals surface area contributed by atoms with Crippen molar-refractivity contribution in [2.75, 3.05) is 13.7 Å². The predicted molar refractivity (Wildman–Crippen MR) is 97.6 cm³/mol. The van der Waals surface area contributed by atoms with Gasteiger partial charge in [0.25, 0.3) is 0 Å². The Labute approximate surface area is 151 Å². The topological polar surface area (TPSA) is 43.6 Å². The van der Waals surface area contributed by atoms with Crippen LogP contribution in [-0.4, -0.2) is 13.7 Å². The van der Waals surface area contributed by atoms with Crippen molar-refractivity contribution in [3.05, 3.63) is 58.5 Å². The maximum absolute atomic E-state index is 5.67. The van der Waals surface area contributed by atoms with Crippen molar-refractivity contribution < 1.29 is 13.9 Å². The lowest BCUT2D eigenvalue weighted by molar-refractivity contribution is 0.324. The Balaban J connectivity index is 1.72. The van der Waals surface area contributed by atoms with Crippen molar-refractivity contribution in [2.45, 2.75) is 31.8 Å². The Kier molecular flexibility index (Phi) is 5.63. The highest BCUT2D eigenvalue weighted by atomic mass is 79.9. The number of ether oxygens (including phenoxy) is 2. The summed E-state index contributed by atoms with van der Waals surface area (Å²) in [6, 6.07) is 6.49. The second-order valence-electron chi connectivity index (χ2n) is 5.83. The number of aryl methyl sites for hydroxylation is 1. The average Bonchev–Trinajstić information content (AvgIpc) is 3.07. The molecule has 1 unspecified atom stereocenters. The molecule has 24 heavy (non-hydrogen) atoms. The number of furan rings is 1. The molecule has 3 rings (SSSR count). The summed E-state index contributed by atoms with van der Waals surface area (Å²) >= 11 is 3.57. The second kappa shape index (κ2) is 7.90. The van der Waals surface area contributed by atoms with Crippen LogP contribution in [0.15, 0.2) is 46.0 Å². The minimum absolute atomic E-state index is 0.342. The van der Waals surface area contributed by atoms with E-state index >= 15 is 0 Å². The van der Waals surface area contributed by atoms with Crippen molar-refractivity contribution in [1.82, 2.24) is 5.32 Å². The SMILES string of the molecule is C=CCOc1c(Br)cc(CNC2CCCc3occc32)cc1OC. The molecule has 4 nitrogen and oxygen atoms in total. The number of hydrogen-bond acceptors (Lipinski definition) is 4. The number of nitrogens with one attached hydrogen (secondary N) is 1. The van der Waals surface area contributed by atoms with Crippen molar-refractivity contribution in [2.24, 2.45) is 0 Å². The average molecular weight is 392 g/mol. The fourth-order valence-electron chi connectivity index (χ4n) is 3.10. The first-order chi connectivity index (χ1) is 11.7. The predicted octanol–water partition coefficient (Wildman–Crippen LogP) is 4.78. The molecule has 128 valence electrons. The fraction of sp³-hybridized carbons (Fsp3) is 0.368. The lowest BCUT2D eigenvalue weighted by atomic mass is 9.93. The van der Waals surface area contributed by atoms with Gasteiger partial charge in [-0.05, 0) is 52.5 Å². The molecule has 0 fully saturated rings. The summed E-state index contributed by atoms with van der Waals surface area (Å²) in [5, 5.41) is 3.63. The Morgan fingerprint density at radius 1 is 1.46 bits per heavy atom. The van der Waals surface area contributed by atoms with E-state index in [0.29, 0.717) is 18.4 Å². The van der Waals surface area contributed by atoms with Crippen LogP contribution in [0.4, 0.5) is 0 Å². The van der Waals surface area contributed by atoms with E-state index in [4.69, 9.17) is 13.9 Å². The van der Waals surface area contributed by atoms with E-state index in [-0.39, 0.29) is 0 Å². The molecule has 0 bridgehead atoms. The highest BCUT2D eigenvalue weighted by Crippen LogP contribution is 2.37. The van der Waals surface area contributed by atoms with E-state index in [1.54, 1.807) is 19.4 Å². The van der Waals surface area contributed by atoms with Gasteiger partial charge >= 0.3 is 0 Å². The zero-order valence-electron chi connectivity index (χ0n) is 13.8. The minimum atomic E-state index is 0.342. The Morgan fingerprint density at radius 2 is 2.33 bits per heavy atom. The zero-order valence-corrected chi connectivity index (χ0v) is 15.4. The summed E-state index contributed by atoms with van der Waals surface area (Å²) in [6.45, 7) is 4.87. The molecule has 5 heteroatoms. The van der Waals surface area contributed by atoms with Crippen LogP contribution in [0.2, 0.25) is 0 Å². The van der Waals surface area contributed by atoms with Gasteiger partial charge in [0.2, 0.25) is 0 Å². The van der Waals surface area contributed by atoms with Crippen LogP contribution in [0.5, 0.6) is 11.5 Å². The molecular weight excluding hydrogens is 370 g/mol.